The van der Waals surface area contributed by atoms with Crippen molar-refractivity contribution in [3.05, 3.63) is 19.2 Å². The average molecular weight is 412 g/mol. The van der Waals surface area contributed by atoms with Crippen LogP contribution in [0.4, 0.5) is 0 Å². The molecule has 4 nitrogen and oxygen atoms in total. The van der Waals surface area contributed by atoms with E-state index in [0.717, 1.165) is 33.5 Å². The number of amides is 1. The fourth-order valence-corrected chi connectivity index (χ4v) is 4.74. The summed E-state index contributed by atoms with van der Waals surface area (Å²) in [6.07, 6.45) is 2.44. The summed E-state index contributed by atoms with van der Waals surface area (Å²) in [5.41, 5.74) is 0.666. The van der Waals surface area contributed by atoms with Crippen LogP contribution in [-0.4, -0.2) is 38.3 Å². The van der Waals surface area contributed by atoms with Crippen LogP contribution in [0.15, 0.2) is 13.6 Å². The van der Waals surface area contributed by atoms with Crippen LogP contribution in [0.3, 0.4) is 0 Å². The number of rotatable bonds is 5. The highest BCUT2D eigenvalue weighted by Gasteiger charge is 2.15. The number of hydrogen-bond acceptors (Lipinski definition) is 4. The Morgan fingerprint density at radius 1 is 1.47 bits per heavy atom. The zero-order valence-electron chi connectivity index (χ0n) is 10.4. The normalized spacial score (nSPS) is 16.5. The second-order valence-corrected chi connectivity index (χ2v) is 8.06. The first-order valence-corrected chi connectivity index (χ1v) is 8.62. The summed E-state index contributed by atoms with van der Waals surface area (Å²) in [4.78, 5) is 11.9. The number of carbonyl (C=O) groups excluding carboxylic acids is 1. The van der Waals surface area contributed by atoms with E-state index in [1.165, 1.54) is 11.3 Å². The van der Waals surface area contributed by atoms with Crippen molar-refractivity contribution in [3.63, 3.8) is 0 Å². The molecule has 0 aliphatic carbocycles. The van der Waals surface area contributed by atoms with E-state index in [1.54, 1.807) is 0 Å². The molecule has 7 heteroatoms. The predicted octanol–water partition coefficient (Wildman–Crippen LogP) is 2.77. The SMILES string of the molecule is O=C(NCCOC1CCNCC1)c1cc(Br)sc1Br. The highest BCUT2D eigenvalue weighted by Crippen LogP contribution is 2.31. The fraction of sp³-hybridized carbons (Fsp3) is 0.583. The van der Waals surface area contributed by atoms with Gasteiger partial charge in [0.2, 0.25) is 0 Å². The Hall–Kier alpha value is 0.0500. The summed E-state index contributed by atoms with van der Waals surface area (Å²) >= 11 is 8.24. The van der Waals surface area contributed by atoms with Gasteiger partial charge in [0, 0.05) is 6.54 Å². The number of nitrogens with one attached hydrogen (secondary N) is 2. The van der Waals surface area contributed by atoms with Crippen LogP contribution in [0.2, 0.25) is 0 Å². The predicted molar refractivity (Wildman–Crippen MR) is 83.9 cm³/mol. The van der Waals surface area contributed by atoms with Crippen LogP contribution in [0, 0.1) is 0 Å². The fourth-order valence-electron chi connectivity index (χ4n) is 1.94. The van der Waals surface area contributed by atoms with E-state index < -0.39 is 0 Å². The van der Waals surface area contributed by atoms with E-state index in [-0.39, 0.29) is 5.91 Å². The number of piperidine rings is 1. The first-order chi connectivity index (χ1) is 9.16. The number of carbonyl (C=O) groups is 1. The third-order valence-corrected chi connectivity index (χ3v) is 5.27. The first-order valence-electron chi connectivity index (χ1n) is 6.22. The van der Waals surface area contributed by atoms with Gasteiger partial charge in [-0.1, -0.05) is 0 Å². The van der Waals surface area contributed by atoms with Crippen molar-refractivity contribution in [1.82, 2.24) is 10.6 Å². The lowest BCUT2D eigenvalue weighted by Gasteiger charge is -2.22. The first kappa shape index (κ1) is 15.4. The molecule has 1 amide bonds. The van der Waals surface area contributed by atoms with E-state index in [0.29, 0.717) is 24.8 Å². The molecule has 0 saturated carbocycles. The van der Waals surface area contributed by atoms with Gasteiger partial charge in [-0.25, -0.2) is 0 Å². The Bertz CT molecular complexity index is 433. The molecule has 106 valence electrons. The van der Waals surface area contributed by atoms with Crippen LogP contribution >= 0.6 is 43.2 Å². The molecule has 1 aliphatic rings. The van der Waals surface area contributed by atoms with Crippen LogP contribution in [0.25, 0.3) is 0 Å². The number of thiophene rings is 1. The van der Waals surface area contributed by atoms with Gasteiger partial charge in [0.1, 0.15) is 0 Å². The molecular formula is C12H16Br2N2O2S. The maximum atomic E-state index is 11.9. The largest absolute Gasteiger partial charge is 0.376 e. The zero-order valence-corrected chi connectivity index (χ0v) is 14.4. The quantitative estimate of drug-likeness (QED) is 0.732. The highest BCUT2D eigenvalue weighted by atomic mass is 79.9. The minimum Gasteiger partial charge on any atom is -0.376 e. The van der Waals surface area contributed by atoms with Crippen molar-refractivity contribution in [2.24, 2.45) is 0 Å². The van der Waals surface area contributed by atoms with Crippen molar-refractivity contribution in [2.45, 2.75) is 18.9 Å². The second-order valence-electron chi connectivity index (χ2n) is 4.31. The summed E-state index contributed by atoms with van der Waals surface area (Å²) in [6, 6.07) is 1.82. The van der Waals surface area contributed by atoms with Crippen LogP contribution in [-0.2, 0) is 4.74 Å². The smallest absolute Gasteiger partial charge is 0.253 e. The third kappa shape index (κ3) is 4.82. The molecular weight excluding hydrogens is 396 g/mol. The molecule has 1 aliphatic heterocycles. The molecule has 1 aromatic rings. The van der Waals surface area contributed by atoms with Gasteiger partial charge in [-0.05, 0) is 63.9 Å². The monoisotopic (exact) mass is 410 g/mol. The summed E-state index contributed by atoms with van der Waals surface area (Å²) in [6.45, 7) is 3.15. The Kier molecular flexibility index (Phi) is 6.28. The Labute approximate surface area is 133 Å². The molecule has 0 unspecified atom stereocenters. The van der Waals surface area contributed by atoms with Gasteiger partial charge in [0.25, 0.3) is 5.91 Å². The van der Waals surface area contributed by atoms with Crippen molar-refractivity contribution >= 4 is 49.1 Å². The molecule has 0 atom stereocenters. The Balaban J connectivity index is 1.67. The summed E-state index contributed by atoms with van der Waals surface area (Å²) in [5.74, 6) is -0.0669. The highest BCUT2D eigenvalue weighted by molar-refractivity contribution is 9.12. The van der Waals surface area contributed by atoms with Gasteiger partial charge in [-0.2, -0.15) is 0 Å². The number of hydrogen-bond donors (Lipinski definition) is 2. The minimum absolute atomic E-state index is 0.0669. The topological polar surface area (TPSA) is 50.4 Å². The lowest BCUT2D eigenvalue weighted by atomic mass is 10.1. The average Bonchev–Trinajstić information content (AvgIpc) is 2.75. The zero-order chi connectivity index (χ0) is 13.7. The molecule has 2 heterocycles. The molecule has 1 saturated heterocycles. The summed E-state index contributed by atoms with van der Waals surface area (Å²) in [5, 5.41) is 6.16. The lowest BCUT2D eigenvalue weighted by molar-refractivity contribution is 0.0343. The van der Waals surface area contributed by atoms with Gasteiger partial charge < -0.3 is 15.4 Å². The van der Waals surface area contributed by atoms with Crippen LogP contribution in [0.5, 0.6) is 0 Å². The molecule has 1 aromatic heterocycles. The maximum Gasteiger partial charge on any atom is 0.253 e. The standard InChI is InChI=1S/C12H16Br2N2O2S/c13-10-7-9(11(14)19-10)12(17)16-5-6-18-8-1-3-15-4-2-8/h7-8,15H,1-6H2,(H,16,17). The molecule has 1 fully saturated rings. The molecule has 0 aromatic carbocycles. The van der Waals surface area contributed by atoms with Crippen molar-refractivity contribution in [2.75, 3.05) is 26.2 Å². The van der Waals surface area contributed by atoms with E-state index in [1.807, 2.05) is 6.07 Å². The van der Waals surface area contributed by atoms with Gasteiger partial charge in [0.05, 0.1) is 25.8 Å². The lowest BCUT2D eigenvalue weighted by Crippen LogP contribution is -2.34. The molecule has 2 rings (SSSR count). The van der Waals surface area contributed by atoms with Crippen LogP contribution < -0.4 is 10.6 Å². The molecule has 2 N–H and O–H groups in total. The molecule has 19 heavy (non-hydrogen) atoms. The molecule has 0 bridgehead atoms. The minimum atomic E-state index is -0.0669. The van der Waals surface area contributed by atoms with Crippen LogP contribution in [0.1, 0.15) is 23.2 Å². The molecule has 0 radical (unpaired) electrons. The second kappa shape index (κ2) is 7.73. The van der Waals surface area contributed by atoms with Crippen molar-refractivity contribution in [3.8, 4) is 0 Å². The van der Waals surface area contributed by atoms with Gasteiger partial charge in [-0.3, -0.25) is 4.79 Å². The molecule has 0 spiro atoms. The Morgan fingerprint density at radius 3 is 2.84 bits per heavy atom. The van der Waals surface area contributed by atoms with Gasteiger partial charge in [0.15, 0.2) is 0 Å². The third-order valence-electron chi connectivity index (χ3n) is 2.93. The van der Waals surface area contributed by atoms with E-state index in [9.17, 15) is 4.79 Å². The summed E-state index contributed by atoms with van der Waals surface area (Å²) < 4.78 is 7.52. The summed E-state index contributed by atoms with van der Waals surface area (Å²) in [7, 11) is 0. The van der Waals surface area contributed by atoms with E-state index in [2.05, 4.69) is 42.5 Å². The van der Waals surface area contributed by atoms with Gasteiger partial charge >= 0.3 is 0 Å². The number of ether oxygens (including phenoxy) is 1. The van der Waals surface area contributed by atoms with Gasteiger partial charge in [-0.15, -0.1) is 11.3 Å². The number of halogens is 2. The van der Waals surface area contributed by atoms with E-state index in [4.69, 9.17) is 4.74 Å². The Morgan fingerprint density at radius 2 is 2.21 bits per heavy atom. The van der Waals surface area contributed by atoms with Crippen molar-refractivity contribution in [1.29, 1.82) is 0 Å². The maximum absolute atomic E-state index is 11.9. The van der Waals surface area contributed by atoms with E-state index >= 15 is 0 Å². The van der Waals surface area contributed by atoms with Crippen molar-refractivity contribution < 1.29 is 9.53 Å².